The van der Waals surface area contributed by atoms with Crippen LogP contribution in [0.1, 0.15) is 10.7 Å². The molecule has 1 amide bonds. The van der Waals surface area contributed by atoms with Crippen molar-refractivity contribution in [2.75, 3.05) is 12.9 Å². The molecule has 1 aromatic heterocycles. The van der Waals surface area contributed by atoms with Gasteiger partial charge in [-0.3, -0.25) is 4.79 Å². The van der Waals surface area contributed by atoms with Crippen molar-refractivity contribution in [3.8, 4) is 0 Å². The molecule has 0 atom stereocenters. The van der Waals surface area contributed by atoms with Crippen molar-refractivity contribution in [3.05, 3.63) is 16.1 Å². The molecule has 0 aliphatic carbocycles. The minimum Gasteiger partial charge on any atom is -0.338 e. The fourth-order valence-corrected chi connectivity index (χ4v) is 1.96. The van der Waals surface area contributed by atoms with Crippen LogP contribution >= 0.6 is 22.9 Å². The molecule has 90 valence electrons. The van der Waals surface area contributed by atoms with E-state index in [4.69, 9.17) is 11.6 Å². The molecule has 0 fully saturated rings. The lowest BCUT2D eigenvalue weighted by molar-refractivity contribution is -0.140. The highest BCUT2D eigenvalue weighted by molar-refractivity contribution is 7.09. The number of thiazole rings is 1. The molecule has 1 rings (SSSR count). The predicted octanol–water partition coefficient (Wildman–Crippen LogP) is 2.36. The SMILES string of the molecule is CN(Cc1nc(C(F)(F)F)cs1)C(=O)CCl. The molecule has 0 spiro atoms. The van der Waals surface area contributed by atoms with Crippen LogP contribution in [0, 0.1) is 0 Å². The van der Waals surface area contributed by atoms with Gasteiger partial charge in [0.25, 0.3) is 0 Å². The van der Waals surface area contributed by atoms with Crippen LogP contribution in [0.4, 0.5) is 13.2 Å². The van der Waals surface area contributed by atoms with Crippen molar-refractivity contribution in [2.24, 2.45) is 0 Å². The van der Waals surface area contributed by atoms with Gasteiger partial charge >= 0.3 is 6.18 Å². The molecule has 0 aromatic carbocycles. The lowest BCUT2D eigenvalue weighted by Crippen LogP contribution is -2.27. The number of aromatic nitrogens is 1. The van der Waals surface area contributed by atoms with Gasteiger partial charge in [0.15, 0.2) is 5.69 Å². The first-order valence-electron chi connectivity index (χ1n) is 4.16. The molecule has 0 aliphatic heterocycles. The highest BCUT2D eigenvalue weighted by Gasteiger charge is 2.33. The van der Waals surface area contributed by atoms with Gasteiger partial charge in [0.1, 0.15) is 10.9 Å². The van der Waals surface area contributed by atoms with Gasteiger partial charge in [-0.15, -0.1) is 22.9 Å². The molecular weight excluding hydrogens is 265 g/mol. The smallest absolute Gasteiger partial charge is 0.338 e. The molecular formula is C8H8ClF3N2OS. The van der Waals surface area contributed by atoms with Crippen molar-refractivity contribution in [3.63, 3.8) is 0 Å². The lowest BCUT2D eigenvalue weighted by Gasteiger charge is -2.13. The summed E-state index contributed by atoms with van der Waals surface area (Å²) in [5.41, 5.74) is -0.931. The highest BCUT2D eigenvalue weighted by Crippen LogP contribution is 2.30. The number of hydrogen-bond donors (Lipinski definition) is 0. The number of hydrogen-bond acceptors (Lipinski definition) is 3. The quantitative estimate of drug-likeness (QED) is 0.792. The summed E-state index contributed by atoms with van der Waals surface area (Å²) in [5, 5.41) is 1.15. The number of amides is 1. The van der Waals surface area contributed by atoms with E-state index in [1.807, 2.05) is 0 Å². The van der Waals surface area contributed by atoms with Crippen LogP contribution in [0.3, 0.4) is 0 Å². The van der Waals surface area contributed by atoms with Gasteiger partial charge in [-0.05, 0) is 0 Å². The molecule has 0 aliphatic rings. The molecule has 3 nitrogen and oxygen atoms in total. The molecule has 0 bridgehead atoms. The van der Waals surface area contributed by atoms with Crippen molar-refractivity contribution in [2.45, 2.75) is 12.7 Å². The Labute approximate surface area is 98.8 Å². The van der Waals surface area contributed by atoms with Gasteiger partial charge in [-0.1, -0.05) is 0 Å². The second-order valence-corrected chi connectivity index (χ2v) is 4.22. The zero-order chi connectivity index (χ0) is 12.3. The minimum absolute atomic E-state index is 0.0340. The van der Waals surface area contributed by atoms with Crippen LogP contribution in [0.2, 0.25) is 0 Å². The Morgan fingerprint density at radius 3 is 2.69 bits per heavy atom. The first kappa shape index (κ1) is 13.2. The number of carbonyl (C=O) groups excluding carboxylic acids is 1. The summed E-state index contributed by atoms with van der Waals surface area (Å²) < 4.78 is 36.6. The Morgan fingerprint density at radius 1 is 1.62 bits per heavy atom. The van der Waals surface area contributed by atoms with E-state index in [0.29, 0.717) is 0 Å². The van der Waals surface area contributed by atoms with E-state index in [2.05, 4.69) is 4.98 Å². The van der Waals surface area contributed by atoms with Crippen LogP contribution in [0.25, 0.3) is 0 Å². The van der Waals surface area contributed by atoms with Crippen LogP contribution in [0.5, 0.6) is 0 Å². The van der Waals surface area contributed by atoms with E-state index in [1.165, 1.54) is 11.9 Å². The van der Waals surface area contributed by atoms with Gasteiger partial charge in [0.2, 0.25) is 5.91 Å². The number of carbonyl (C=O) groups is 1. The highest BCUT2D eigenvalue weighted by atomic mass is 35.5. The second kappa shape index (κ2) is 5.01. The van der Waals surface area contributed by atoms with E-state index >= 15 is 0 Å². The van der Waals surface area contributed by atoms with E-state index in [-0.39, 0.29) is 23.3 Å². The van der Waals surface area contributed by atoms with Crippen LogP contribution < -0.4 is 0 Å². The van der Waals surface area contributed by atoms with Gasteiger partial charge in [-0.25, -0.2) is 4.98 Å². The molecule has 0 radical (unpaired) electrons. The molecule has 1 heterocycles. The lowest BCUT2D eigenvalue weighted by atomic mass is 10.5. The van der Waals surface area contributed by atoms with Gasteiger partial charge in [0.05, 0.1) is 6.54 Å². The van der Waals surface area contributed by atoms with Crippen LogP contribution in [-0.2, 0) is 17.5 Å². The zero-order valence-electron chi connectivity index (χ0n) is 8.21. The molecule has 0 saturated heterocycles. The normalized spacial score (nSPS) is 11.6. The third-order valence-electron chi connectivity index (χ3n) is 1.75. The van der Waals surface area contributed by atoms with E-state index in [9.17, 15) is 18.0 Å². The Hall–Kier alpha value is -0.820. The molecule has 0 N–H and O–H groups in total. The summed E-state index contributed by atoms with van der Waals surface area (Å²) in [6, 6.07) is 0. The van der Waals surface area contributed by atoms with E-state index in [1.54, 1.807) is 0 Å². The summed E-state index contributed by atoms with van der Waals surface area (Å²) in [7, 11) is 1.46. The Kier molecular flexibility index (Phi) is 4.15. The topological polar surface area (TPSA) is 33.2 Å². The minimum atomic E-state index is -4.44. The first-order chi connectivity index (χ1) is 7.34. The summed E-state index contributed by atoms with van der Waals surface area (Å²) in [6.07, 6.45) is -4.44. The standard InChI is InChI=1S/C8H8ClF3N2OS/c1-14(7(15)2-9)3-6-13-5(4-16-6)8(10,11)12/h4H,2-3H2,1H3. The third kappa shape index (κ3) is 3.34. The number of halogens is 4. The predicted molar refractivity (Wildman–Crippen MR) is 54.3 cm³/mol. The summed E-state index contributed by atoms with van der Waals surface area (Å²) in [4.78, 5) is 15.7. The molecule has 8 heteroatoms. The number of nitrogens with zero attached hydrogens (tertiary/aromatic N) is 2. The van der Waals surface area contributed by atoms with E-state index in [0.717, 1.165) is 16.7 Å². The van der Waals surface area contributed by atoms with Gasteiger partial charge < -0.3 is 4.90 Å². The fourth-order valence-electron chi connectivity index (χ4n) is 0.907. The largest absolute Gasteiger partial charge is 0.434 e. The Bertz CT molecular complexity index is 380. The summed E-state index contributed by atoms with van der Waals surface area (Å²) >= 11 is 6.17. The zero-order valence-corrected chi connectivity index (χ0v) is 9.79. The van der Waals surface area contributed by atoms with Crippen LogP contribution in [-0.4, -0.2) is 28.7 Å². The van der Waals surface area contributed by atoms with Crippen molar-refractivity contribution in [1.82, 2.24) is 9.88 Å². The maximum atomic E-state index is 12.2. The van der Waals surface area contributed by atoms with Gasteiger partial charge in [-0.2, -0.15) is 13.2 Å². The van der Waals surface area contributed by atoms with Crippen molar-refractivity contribution >= 4 is 28.8 Å². The maximum Gasteiger partial charge on any atom is 0.434 e. The number of alkyl halides is 4. The molecule has 1 aromatic rings. The number of rotatable bonds is 3. The Balaban J connectivity index is 2.69. The van der Waals surface area contributed by atoms with Gasteiger partial charge in [0, 0.05) is 12.4 Å². The molecule has 16 heavy (non-hydrogen) atoms. The van der Waals surface area contributed by atoms with Crippen molar-refractivity contribution in [1.29, 1.82) is 0 Å². The second-order valence-electron chi connectivity index (χ2n) is 3.01. The first-order valence-corrected chi connectivity index (χ1v) is 5.57. The maximum absolute atomic E-state index is 12.2. The average molecular weight is 273 g/mol. The Morgan fingerprint density at radius 2 is 2.25 bits per heavy atom. The molecule has 0 unspecified atom stereocenters. The fraction of sp³-hybridized carbons (Fsp3) is 0.500. The summed E-state index contributed by atoms with van der Waals surface area (Å²) in [6.45, 7) is 0.0340. The van der Waals surface area contributed by atoms with Crippen LogP contribution in [0.15, 0.2) is 5.38 Å². The average Bonchev–Trinajstić information content (AvgIpc) is 2.64. The summed E-state index contributed by atoms with van der Waals surface area (Å²) in [5.74, 6) is -0.556. The molecule has 0 saturated carbocycles. The van der Waals surface area contributed by atoms with E-state index < -0.39 is 11.9 Å². The monoisotopic (exact) mass is 272 g/mol. The third-order valence-corrected chi connectivity index (χ3v) is 2.82. The van der Waals surface area contributed by atoms with Crippen molar-refractivity contribution < 1.29 is 18.0 Å².